The molecule has 0 atom stereocenters. The number of hydrogen-bond acceptors (Lipinski definition) is 3. The third kappa shape index (κ3) is 4.13. The Bertz CT molecular complexity index is 397. The van der Waals surface area contributed by atoms with Crippen LogP contribution in [0.15, 0.2) is 12.1 Å². The van der Waals surface area contributed by atoms with Crippen LogP contribution in [0.1, 0.15) is 34.6 Å². The summed E-state index contributed by atoms with van der Waals surface area (Å²) in [6.07, 6.45) is -0.101. The highest BCUT2D eigenvalue weighted by atomic mass is 19.1. The first kappa shape index (κ1) is 13.6. The van der Waals surface area contributed by atoms with Gasteiger partial charge < -0.3 is 15.2 Å². The lowest BCUT2D eigenvalue weighted by atomic mass is 10.2. The van der Waals surface area contributed by atoms with Crippen LogP contribution in [0.25, 0.3) is 0 Å². The van der Waals surface area contributed by atoms with E-state index in [1.165, 1.54) is 12.1 Å². The van der Waals surface area contributed by atoms with Gasteiger partial charge in [-0.25, -0.2) is 4.39 Å². The number of benzene rings is 1. The second-order valence-corrected chi connectivity index (χ2v) is 5.20. The molecule has 0 aliphatic carbocycles. The van der Waals surface area contributed by atoms with Crippen LogP contribution < -0.4 is 15.2 Å². The lowest BCUT2D eigenvalue weighted by molar-refractivity contribution is 0.130. The fourth-order valence-electron chi connectivity index (χ4n) is 1.31. The normalized spacial score (nSPS) is 11.7. The molecule has 3 nitrogen and oxygen atoms in total. The topological polar surface area (TPSA) is 44.5 Å². The van der Waals surface area contributed by atoms with Gasteiger partial charge in [-0.1, -0.05) is 0 Å². The SMILES string of the molecule is CC(C)Oc1cc(OC(C)(C)C)c(N)cc1F. The summed E-state index contributed by atoms with van der Waals surface area (Å²) in [7, 11) is 0. The van der Waals surface area contributed by atoms with E-state index in [2.05, 4.69) is 0 Å². The largest absolute Gasteiger partial charge is 0.488 e. The van der Waals surface area contributed by atoms with Crippen LogP contribution in [0, 0.1) is 5.82 Å². The summed E-state index contributed by atoms with van der Waals surface area (Å²) in [6.45, 7) is 9.37. The standard InChI is InChI=1S/C13H20FNO2/c1-8(2)16-11-7-12(17-13(3,4)5)10(15)6-9(11)14/h6-8H,15H2,1-5H3. The van der Waals surface area contributed by atoms with Gasteiger partial charge in [-0.2, -0.15) is 0 Å². The Morgan fingerprint density at radius 3 is 2.24 bits per heavy atom. The lowest BCUT2D eigenvalue weighted by Gasteiger charge is -2.23. The minimum absolute atomic E-state index is 0.101. The second kappa shape index (κ2) is 4.82. The number of hydrogen-bond donors (Lipinski definition) is 1. The molecule has 0 aliphatic heterocycles. The van der Waals surface area contributed by atoms with Crippen molar-refractivity contribution in [2.75, 3.05) is 5.73 Å². The predicted octanol–water partition coefficient (Wildman–Crippen LogP) is 3.37. The van der Waals surface area contributed by atoms with Crippen LogP contribution in [0.2, 0.25) is 0 Å². The molecule has 0 bridgehead atoms. The fourth-order valence-corrected chi connectivity index (χ4v) is 1.31. The molecular weight excluding hydrogens is 221 g/mol. The van der Waals surface area contributed by atoms with Crippen LogP contribution in [0.3, 0.4) is 0 Å². The molecule has 0 fully saturated rings. The van der Waals surface area contributed by atoms with Crippen molar-refractivity contribution in [3.05, 3.63) is 17.9 Å². The summed E-state index contributed by atoms with van der Waals surface area (Å²) in [5, 5.41) is 0. The first-order valence-corrected chi connectivity index (χ1v) is 5.64. The summed E-state index contributed by atoms with van der Waals surface area (Å²) in [5.74, 6) is 0.125. The van der Waals surface area contributed by atoms with Gasteiger partial charge in [-0.3, -0.25) is 0 Å². The Kier molecular flexibility index (Phi) is 3.86. The lowest BCUT2D eigenvalue weighted by Crippen LogP contribution is -2.23. The molecule has 0 radical (unpaired) electrons. The van der Waals surface area contributed by atoms with Crippen molar-refractivity contribution in [3.63, 3.8) is 0 Å². The smallest absolute Gasteiger partial charge is 0.167 e. The van der Waals surface area contributed by atoms with Gasteiger partial charge in [0.25, 0.3) is 0 Å². The highest BCUT2D eigenvalue weighted by Crippen LogP contribution is 2.32. The van der Waals surface area contributed by atoms with E-state index in [1.54, 1.807) is 0 Å². The second-order valence-electron chi connectivity index (χ2n) is 5.20. The predicted molar refractivity (Wildman–Crippen MR) is 67.0 cm³/mol. The van der Waals surface area contributed by atoms with Crippen molar-refractivity contribution >= 4 is 5.69 Å². The van der Waals surface area contributed by atoms with Gasteiger partial charge in [-0.15, -0.1) is 0 Å². The molecule has 4 heteroatoms. The number of anilines is 1. The molecule has 0 spiro atoms. The molecule has 0 saturated heterocycles. The maximum absolute atomic E-state index is 13.6. The highest BCUT2D eigenvalue weighted by Gasteiger charge is 2.17. The summed E-state index contributed by atoms with van der Waals surface area (Å²) in [4.78, 5) is 0. The van der Waals surface area contributed by atoms with Crippen molar-refractivity contribution in [1.82, 2.24) is 0 Å². The van der Waals surface area contributed by atoms with Gasteiger partial charge in [-0.05, 0) is 34.6 Å². The average Bonchev–Trinajstić information content (AvgIpc) is 2.10. The maximum Gasteiger partial charge on any atom is 0.167 e. The Morgan fingerprint density at radius 1 is 1.18 bits per heavy atom. The van der Waals surface area contributed by atoms with Crippen LogP contribution >= 0.6 is 0 Å². The molecule has 0 aliphatic rings. The Labute approximate surface area is 102 Å². The van der Waals surface area contributed by atoms with Gasteiger partial charge >= 0.3 is 0 Å². The van der Waals surface area contributed by atoms with E-state index >= 15 is 0 Å². The number of halogens is 1. The number of nitrogens with two attached hydrogens (primary N) is 1. The van der Waals surface area contributed by atoms with Gasteiger partial charge in [0.05, 0.1) is 11.8 Å². The molecule has 0 unspecified atom stereocenters. The van der Waals surface area contributed by atoms with E-state index in [0.29, 0.717) is 5.75 Å². The Hall–Kier alpha value is -1.45. The molecule has 0 saturated carbocycles. The zero-order chi connectivity index (χ0) is 13.2. The van der Waals surface area contributed by atoms with Crippen molar-refractivity contribution in [2.45, 2.75) is 46.3 Å². The van der Waals surface area contributed by atoms with Gasteiger partial charge in [0.1, 0.15) is 11.4 Å². The van der Waals surface area contributed by atoms with Crippen molar-refractivity contribution in [1.29, 1.82) is 0 Å². The summed E-state index contributed by atoms with van der Waals surface area (Å²) in [6, 6.07) is 2.72. The van der Waals surface area contributed by atoms with E-state index in [4.69, 9.17) is 15.2 Å². The van der Waals surface area contributed by atoms with Crippen LogP contribution in [-0.4, -0.2) is 11.7 Å². The fraction of sp³-hybridized carbons (Fsp3) is 0.538. The first-order chi connectivity index (χ1) is 7.69. The molecular formula is C13H20FNO2. The van der Waals surface area contributed by atoms with Gasteiger partial charge in [0.15, 0.2) is 11.6 Å². The van der Waals surface area contributed by atoms with Crippen molar-refractivity contribution in [2.24, 2.45) is 0 Å². The minimum atomic E-state index is -0.475. The van der Waals surface area contributed by atoms with E-state index < -0.39 is 5.82 Å². The van der Waals surface area contributed by atoms with Crippen LogP contribution in [0.5, 0.6) is 11.5 Å². The van der Waals surface area contributed by atoms with Crippen molar-refractivity contribution < 1.29 is 13.9 Å². The number of ether oxygens (including phenoxy) is 2. The molecule has 1 rings (SSSR count). The van der Waals surface area contributed by atoms with E-state index in [-0.39, 0.29) is 23.1 Å². The quantitative estimate of drug-likeness (QED) is 0.825. The summed E-state index contributed by atoms with van der Waals surface area (Å²) >= 11 is 0. The van der Waals surface area contributed by atoms with Crippen LogP contribution in [0.4, 0.5) is 10.1 Å². The highest BCUT2D eigenvalue weighted by molar-refractivity contribution is 5.56. The molecule has 1 aromatic rings. The number of nitrogen functional groups attached to an aromatic ring is 1. The van der Waals surface area contributed by atoms with Gasteiger partial charge in [0.2, 0.25) is 0 Å². The van der Waals surface area contributed by atoms with Crippen molar-refractivity contribution in [3.8, 4) is 11.5 Å². The first-order valence-electron chi connectivity index (χ1n) is 5.64. The Morgan fingerprint density at radius 2 is 1.76 bits per heavy atom. The van der Waals surface area contributed by atoms with E-state index in [1.807, 2.05) is 34.6 Å². The number of rotatable bonds is 3. The van der Waals surface area contributed by atoms with Crippen LogP contribution in [-0.2, 0) is 0 Å². The molecule has 0 heterocycles. The minimum Gasteiger partial charge on any atom is -0.488 e. The zero-order valence-electron chi connectivity index (χ0n) is 11.0. The molecule has 1 aromatic carbocycles. The van der Waals surface area contributed by atoms with E-state index in [9.17, 15) is 4.39 Å². The molecule has 2 N–H and O–H groups in total. The maximum atomic E-state index is 13.6. The Balaban J connectivity index is 3.06. The molecule has 17 heavy (non-hydrogen) atoms. The molecule has 0 aromatic heterocycles. The zero-order valence-corrected chi connectivity index (χ0v) is 11.0. The third-order valence-corrected chi connectivity index (χ3v) is 1.84. The molecule has 96 valence electrons. The summed E-state index contributed by atoms with van der Waals surface area (Å²) < 4.78 is 24.5. The average molecular weight is 241 g/mol. The summed E-state index contributed by atoms with van der Waals surface area (Å²) in [5.41, 5.74) is 5.59. The third-order valence-electron chi connectivity index (χ3n) is 1.84. The van der Waals surface area contributed by atoms with Gasteiger partial charge in [0, 0.05) is 12.1 Å². The monoisotopic (exact) mass is 241 g/mol. The van der Waals surface area contributed by atoms with E-state index in [0.717, 1.165) is 0 Å². The molecule has 0 amide bonds.